The predicted molar refractivity (Wildman–Crippen MR) is 125 cm³/mol. The van der Waals surface area contributed by atoms with E-state index >= 15 is 0 Å². The summed E-state index contributed by atoms with van der Waals surface area (Å²) in [4.78, 5) is 14.2. The monoisotopic (exact) mass is 528 g/mol. The molecule has 0 radical (unpaired) electrons. The van der Waals surface area contributed by atoms with Crippen molar-refractivity contribution in [2.45, 2.75) is 57.1 Å². The largest absolute Gasteiger partial charge is 0.496 e. The number of hydrogen-bond acceptors (Lipinski definition) is 4. The van der Waals surface area contributed by atoms with Gasteiger partial charge in [0.25, 0.3) is 0 Å². The van der Waals surface area contributed by atoms with E-state index in [9.17, 15) is 31.1 Å². The van der Waals surface area contributed by atoms with Gasteiger partial charge >= 0.3 is 18.4 Å². The van der Waals surface area contributed by atoms with Gasteiger partial charge in [-0.05, 0) is 85.7 Å². The molecule has 11 heteroatoms. The number of alkyl halides is 6. The van der Waals surface area contributed by atoms with Gasteiger partial charge in [-0.25, -0.2) is 4.79 Å². The van der Waals surface area contributed by atoms with Gasteiger partial charge in [-0.2, -0.15) is 26.3 Å². The number of allylic oxidation sites excluding steroid dienone is 1. The molecule has 37 heavy (non-hydrogen) atoms. The van der Waals surface area contributed by atoms with Crippen molar-refractivity contribution in [2.75, 3.05) is 19.4 Å². The number of nitrogens with two attached hydrogens (primary N) is 1. The normalized spacial score (nSPS) is 20.9. The van der Waals surface area contributed by atoms with E-state index in [2.05, 4.69) is 0 Å². The summed E-state index contributed by atoms with van der Waals surface area (Å²) >= 11 is 0. The van der Waals surface area contributed by atoms with Crippen molar-refractivity contribution in [2.24, 2.45) is 0 Å². The fourth-order valence-corrected chi connectivity index (χ4v) is 4.94. The summed E-state index contributed by atoms with van der Waals surface area (Å²) in [5.74, 6) is 0.613. The number of carbonyl (C=O) groups is 1. The number of hydrogen-bond donors (Lipinski definition) is 1. The summed E-state index contributed by atoms with van der Waals surface area (Å²) in [5, 5.41) is 0. The number of methoxy groups -OCH3 is 1. The average molecular weight is 528 g/mol. The van der Waals surface area contributed by atoms with Gasteiger partial charge < -0.3 is 15.2 Å². The van der Waals surface area contributed by atoms with Crippen LogP contribution in [0.3, 0.4) is 0 Å². The summed E-state index contributed by atoms with van der Waals surface area (Å²) in [5.41, 5.74) is 5.92. The molecule has 0 aromatic heterocycles. The van der Waals surface area contributed by atoms with Gasteiger partial charge in [0, 0.05) is 17.8 Å². The van der Waals surface area contributed by atoms with Gasteiger partial charge in [-0.15, -0.1) is 0 Å². The number of halogens is 6. The van der Waals surface area contributed by atoms with Crippen molar-refractivity contribution in [3.63, 3.8) is 0 Å². The van der Waals surface area contributed by atoms with E-state index in [1.165, 1.54) is 12.0 Å². The van der Waals surface area contributed by atoms with E-state index in [0.717, 1.165) is 29.6 Å². The van der Waals surface area contributed by atoms with Gasteiger partial charge in [-0.3, -0.25) is 4.90 Å². The lowest BCUT2D eigenvalue weighted by Gasteiger charge is -2.28. The first kappa shape index (κ1) is 26.7. The van der Waals surface area contributed by atoms with Crippen LogP contribution in [0.4, 0.5) is 36.8 Å². The fraction of sp³-hybridized carbons (Fsp3) is 0.423. The Kier molecular flexibility index (Phi) is 7.09. The lowest BCUT2D eigenvalue weighted by atomic mass is 9.86. The molecule has 1 fully saturated rings. The van der Waals surface area contributed by atoms with E-state index in [1.807, 2.05) is 0 Å². The summed E-state index contributed by atoms with van der Waals surface area (Å²) in [6, 6.07) is 5.71. The minimum atomic E-state index is -5.00. The molecular weight excluding hydrogens is 502 g/mol. The fourth-order valence-electron chi connectivity index (χ4n) is 4.94. The maximum atomic E-state index is 13.4. The molecule has 1 aliphatic heterocycles. The molecule has 4 rings (SSSR count). The Morgan fingerprint density at radius 2 is 1.62 bits per heavy atom. The zero-order chi connectivity index (χ0) is 27.1. The van der Waals surface area contributed by atoms with Crippen LogP contribution >= 0.6 is 0 Å². The van der Waals surface area contributed by atoms with Gasteiger partial charge in [0.1, 0.15) is 11.9 Å². The highest BCUT2D eigenvalue weighted by molar-refractivity contribution is 5.78. The van der Waals surface area contributed by atoms with Crippen LogP contribution in [0.1, 0.15) is 61.0 Å². The molecule has 2 aromatic carbocycles. The number of nitrogen functional groups attached to an aromatic ring is 1. The predicted octanol–water partition coefficient (Wildman–Crippen LogP) is 7.22. The third kappa shape index (κ3) is 5.50. The van der Waals surface area contributed by atoms with Crippen LogP contribution in [0.5, 0.6) is 5.75 Å². The van der Waals surface area contributed by atoms with Crippen LogP contribution in [0.25, 0.3) is 5.57 Å². The molecule has 0 spiro atoms. The van der Waals surface area contributed by atoms with Gasteiger partial charge in [0.2, 0.25) is 0 Å². The number of ether oxygens (including phenoxy) is 2. The first-order valence-electron chi connectivity index (χ1n) is 11.7. The first-order valence-corrected chi connectivity index (χ1v) is 11.7. The highest BCUT2D eigenvalue weighted by Crippen LogP contribution is 2.43. The second-order valence-corrected chi connectivity index (χ2v) is 9.26. The molecule has 2 N–H and O–H groups in total. The molecule has 0 bridgehead atoms. The van der Waals surface area contributed by atoms with E-state index in [-0.39, 0.29) is 18.2 Å². The maximum absolute atomic E-state index is 13.4. The number of benzene rings is 2. The second-order valence-electron chi connectivity index (χ2n) is 9.26. The molecule has 2 aliphatic rings. The molecule has 5 nitrogen and oxygen atoms in total. The highest BCUT2D eigenvalue weighted by atomic mass is 19.4. The Morgan fingerprint density at radius 1 is 1.00 bits per heavy atom. The maximum Gasteiger partial charge on any atom is 0.416 e. The lowest BCUT2D eigenvalue weighted by Crippen LogP contribution is -2.34. The summed E-state index contributed by atoms with van der Waals surface area (Å²) in [7, 11) is 1.53. The van der Waals surface area contributed by atoms with Crippen molar-refractivity contribution in [1.82, 2.24) is 4.90 Å². The Hall–Kier alpha value is -3.37. The van der Waals surface area contributed by atoms with Crippen molar-refractivity contribution in [3.8, 4) is 5.75 Å². The summed E-state index contributed by atoms with van der Waals surface area (Å²) in [6.45, 7) is 1.67. The molecular formula is C26H26F6N2O3. The summed E-state index contributed by atoms with van der Waals surface area (Å²) < 4.78 is 91.0. The van der Waals surface area contributed by atoms with Gasteiger partial charge in [-0.1, -0.05) is 0 Å². The quantitative estimate of drug-likeness (QED) is 0.329. The second kappa shape index (κ2) is 9.83. The standard InChI is InChI=1S/C26H26F6N2O3/c1-14-23(16-9-17(25(27,28)29)11-18(10-16)26(30,31)32)37-24(35)34(14)13-15-5-3-4-6-20(15)21-12-19(33)7-8-22(21)36-2/h7-12,14,23H,3-6,13,33H2,1-2H3/t14-,23-/m0/s1. The topological polar surface area (TPSA) is 64.8 Å². The van der Waals surface area contributed by atoms with Gasteiger partial charge in [0.05, 0.1) is 24.3 Å². The van der Waals surface area contributed by atoms with Crippen molar-refractivity contribution >= 4 is 17.4 Å². The number of anilines is 1. The Balaban J connectivity index is 1.69. The van der Waals surface area contributed by atoms with Gasteiger partial charge in [0.15, 0.2) is 0 Å². The van der Waals surface area contributed by atoms with E-state index in [1.54, 1.807) is 25.1 Å². The molecule has 1 amide bonds. The Labute approximate surface area is 209 Å². The smallest absolute Gasteiger partial charge is 0.416 e. The zero-order valence-corrected chi connectivity index (χ0v) is 20.2. The van der Waals surface area contributed by atoms with Crippen LogP contribution in [0.2, 0.25) is 0 Å². The number of carbonyl (C=O) groups excluding carboxylic acids is 1. The molecule has 0 saturated carbocycles. The van der Waals surface area contributed by atoms with E-state index in [0.29, 0.717) is 36.4 Å². The Morgan fingerprint density at radius 3 is 2.22 bits per heavy atom. The SMILES string of the molecule is COc1ccc(N)cc1C1=C(CN2C(=O)O[C@H](c3cc(C(F)(F)F)cc(C(F)(F)F)c3)[C@@H]2C)CCCC1. The zero-order valence-electron chi connectivity index (χ0n) is 20.2. The molecule has 1 aliphatic carbocycles. The van der Waals surface area contributed by atoms with Crippen molar-refractivity contribution in [1.29, 1.82) is 0 Å². The average Bonchev–Trinajstić information content (AvgIpc) is 3.11. The van der Waals surface area contributed by atoms with Crippen LogP contribution in [-0.2, 0) is 17.1 Å². The molecule has 1 heterocycles. The van der Waals surface area contributed by atoms with Crippen molar-refractivity contribution in [3.05, 3.63) is 64.2 Å². The Bertz CT molecular complexity index is 1190. The third-order valence-corrected chi connectivity index (χ3v) is 6.82. The first-order chi connectivity index (χ1) is 17.3. The van der Waals surface area contributed by atoms with E-state index in [4.69, 9.17) is 15.2 Å². The molecule has 0 unspecified atom stereocenters. The minimum Gasteiger partial charge on any atom is -0.496 e. The number of nitrogens with zero attached hydrogens (tertiary/aromatic N) is 1. The number of cyclic esters (lactones) is 1. The highest BCUT2D eigenvalue weighted by Gasteiger charge is 2.43. The summed E-state index contributed by atoms with van der Waals surface area (Å²) in [6.07, 6.45) is -8.96. The lowest BCUT2D eigenvalue weighted by molar-refractivity contribution is -0.143. The molecule has 1 saturated heterocycles. The van der Waals surface area contributed by atoms with E-state index < -0.39 is 41.7 Å². The third-order valence-electron chi connectivity index (χ3n) is 6.82. The molecule has 2 atom stereocenters. The molecule has 2 aromatic rings. The minimum absolute atomic E-state index is 0.0563. The molecule has 200 valence electrons. The van der Waals surface area contributed by atoms with Crippen LogP contribution in [0.15, 0.2) is 42.0 Å². The number of amides is 1. The van der Waals surface area contributed by atoms with Crippen LogP contribution in [0, 0.1) is 0 Å². The van der Waals surface area contributed by atoms with Crippen LogP contribution in [-0.4, -0.2) is 30.7 Å². The number of rotatable bonds is 5. The van der Waals surface area contributed by atoms with Crippen molar-refractivity contribution < 1.29 is 40.6 Å². The van der Waals surface area contributed by atoms with Crippen LogP contribution < -0.4 is 10.5 Å².